The lowest BCUT2D eigenvalue weighted by Gasteiger charge is -2.15. The van der Waals surface area contributed by atoms with Crippen LogP contribution >= 0.6 is 0 Å². The molecule has 8 aromatic rings. The van der Waals surface area contributed by atoms with Crippen LogP contribution in [0, 0.1) is 10.1 Å². The van der Waals surface area contributed by atoms with Crippen molar-refractivity contribution in [3.05, 3.63) is 231 Å². The summed E-state index contributed by atoms with van der Waals surface area (Å²) >= 11 is 0. The maximum absolute atomic E-state index is 12.7. The van der Waals surface area contributed by atoms with Crippen molar-refractivity contribution in [1.82, 2.24) is 5.16 Å². The highest BCUT2D eigenvalue weighted by Crippen LogP contribution is 2.30. The van der Waals surface area contributed by atoms with Crippen molar-refractivity contribution in [2.75, 3.05) is 35.0 Å². The molecule has 1 heterocycles. The number of ether oxygens (including phenoxy) is 8. The lowest BCUT2D eigenvalue weighted by Crippen LogP contribution is -2.18. The number of hydrogen-bond donors (Lipinski definition) is 0. The van der Waals surface area contributed by atoms with Gasteiger partial charge >= 0.3 is 11.9 Å². The van der Waals surface area contributed by atoms with Gasteiger partial charge < -0.3 is 42.4 Å². The number of carbonyl (C=O) groups excluding carboxylic acids is 4. The molecule has 0 saturated carbocycles. The molecule has 2 unspecified atom stereocenters. The van der Waals surface area contributed by atoms with Crippen molar-refractivity contribution in [3.63, 3.8) is 0 Å². The summed E-state index contributed by atoms with van der Waals surface area (Å²) in [6, 6.07) is 52.4. The molecular formula is C62H58N4O15. The number of hydrogen-bond acceptors (Lipinski definition) is 18. The van der Waals surface area contributed by atoms with Gasteiger partial charge in [0.25, 0.3) is 0 Å². The molecule has 7 aromatic carbocycles. The van der Waals surface area contributed by atoms with Gasteiger partial charge in [-0.3, -0.25) is 19.7 Å². The summed E-state index contributed by atoms with van der Waals surface area (Å²) in [6.07, 6.45) is 4.34. The zero-order valence-electron chi connectivity index (χ0n) is 44.8. The standard InChI is InChI=1S/C28H27NO6.C26H27NO7.C8H4N2O2/c1-31-23-9-3-20(4-10-23)18-33-25-13-7-22(8-14-25)26(27-15-16-35-29-27)17-28(30)34-19-21-5-11-24(32-2)12-6-21;1-31-23-9-3-19(4-10-23)17-33-25-13-7-21(8-14-25)22(16-27(29)30)15-26(28)34-18-20-5-11-24(32-2)12-6-20;11-5-9-7-1-2-8(4-3-7)10-6-12/h3-16,26H,17-19H2,1-2H3;3-14,22H,15-18H2,1-2H3;1-4H. The van der Waals surface area contributed by atoms with Crippen LogP contribution in [-0.4, -0.2) is 69.2 Å². The van der Waals surface area contributed by atoms with Crippen molar-refractivity contribution in [1.29, 1.82) is 0 Å². The van der Waals surface area contributed by atoms with E-state index in [4.69, 9.17) is 42.4 Å². The molecule has 0 aliphatic rings. The largest absolute Gasteiger partial charge is 0.497 e. The van der Waals surface area contributed by atoms with Crippen molar-refractivity contribution in [2.24, 2.45) is 9.98 Å². The van der Waals surface area contributed by atoms with Gasteiger partial charge in [0.05, 0.1) is 64.3 Å². The van der Waals surface area contributed by atoms with Crippen LogP contribution in [0.1, 0.15) is 63.8 Å². The van der Waals surface area contributed by atoms with E-state index < -0.39 is 16.8 Å². The first kappa shape index (κ1) is 59.9. The Bertz CT molecular complexity index is 3240. The molecule has 0 amide bonds. The van der Waals surface area contributed by atoms with Gasteiger partial charge in [-0.25, -0.2) is 9.59 Å². The van der Waals surface area contributed by atoms with Crippen LogP contribution in [0.5, 0.6) is 34.5 Å². The van der Waals surface area contributed by atoms with Gasteiger partial charge in [-0.15, -0.1) is 0 Å². The number of carbonyl (C=O) groups is 2. The molecule has 0 spiro atoms. The summed E-state index contributed by atoms with van der Waals surface area (Å²) in [5.41, 5.74) is 6.93. The zero-order valence-corrected chi connectivity index (χ0v) is 44.8. The van der Waals surface area contributed by atoms with Crippen LogP contribution in [0.25, 0.3) is 0 Å². The highest BCUT2D eigenvalue weighted by molar-refractivity contribution is 5.71. The van der Waals surface area contributed by atoms with Crippen molar-refractivity contribution in [2.45, 2.75) is 51.1 Å². The fourth-order valence-corrected chi connectivity index (χ4v) is 7.64. The van der Waals surface area contributed by atoms with E-state index in [-0.39, 0.29) is 44.5 Å². The molecule has 0 radical (unpaired) electrons. The molecule has 81 heavy (non-hydrogen) atoms. The van der Waals surface area contributed by atoms with E-state index in [1.807, 2.05) is 97.1 Å². The molecule has 0 aliphatic heterocycles. The Morgan fingerprint density at radius 1 is 0.494 bits per heavy atom. The predicted octanol–water partition coefficient (Wildman–Crippen LogP) is 11.9. The summed E-state index contributed by atoms with van der Waals surface area (Å²) in [5.74, 6) is 2.66. The van der Waals surface area contributed by atoms with Crippen LogP contribution in [0.2, 0.25) is 0 Å². The number of methoxy groups -OCH3 is 4. The zero-order chi connectivity index (χ0) is 57.6. The molecule has 416 valence electrons. The van der Waals surface area contributed by atoms with E-state index in [1.54, 1.807) is 107 Å². The minimum absolute atomic E-state index is 0.0894. The molecule has 0 saturated heterocycles. The maximum atomic E-state index is 12.7. The molecule has 0 fully saturated rings. The van der Waals surface area contributed by atoms with E-state index in [2.05, 4.69) is 15.1 Å². The second-order valence-electron chi connectivity index (χ2n) is 17.4. The summed E-state index contributed by atoms with van der Waals surface area (Å²) in [4.78, 5) is 62.1. The third kappa shape index (κ3) is 20.5. The quantitative estimate of drug-likeness (QED) is 0.0170. The lowest BCUT2D eigenvalue weighted by molar-refractivity contribution is -0.483. The number of rotatable bonds is 25. The smallest absolute Gasteiger partial charge is 0.307 e. The normalized spacial score (nSPS) is 10.9. The summed E-state index contributed by atoms with van der Waals surface area (Å²) in [7, 11) is 6.43. The Balaban J connectivity index is 0.000000217. The predicted molar refractivity (Wildman–Crippen MR) is 297 cm³/mol. The Morgan fingerprint density at radius 2 is 0.852 bits per heavy atom. The first-order valence-corrected chi connectivity index (χ1v) is 25.0. The Hall–Kier alpha value is -10.4. The second-order valence-corrected chi connectivity index (χ2v) is 17.4. The molecule has 0 aliphatic carbocycles. The summed E-state index contributed by atoms with van der Waals surface area (Å²) in [6.45, 7) is 0.718. The second kappa shape index (κ2) is 32.4. The van der Waals surface area contributed by atoms with E-state index in [1.165, 1.54) is 18.4 Å². The molecule has 0 N–H and O–H groups in total. The average molecular weight is 1100 g/mol. The maximum Gasteiger partial charge on any atom is 0.307 e. The first-order chi connectivity index (χ1) is 39.5. The van der Waals surface area contributed by atoms with Crippen LogP contribution < -0.4 is 28.4 Å². The van der Waals surface area contributed by atoms with Gasteiger partial charge in [0, 0.05) is 16.9 Å². The van der Waals surface area contributed by atoms with Crippen LogP contribution in [0.15, 0.2) is 197 Å². The van der Waals surface area contributed by atoms with Crippen LogP contribution in [-0.2, 0) is 55.1 Å². The van der Waals surface area contributed by atoms with E-state index >= 15 is 0 Å². The SMILES string of the molecule is COc1ccc(COC(=O)CC(C[N+](=O)[O-])c2ccc(OCc3ccc(OC)cc3)cc2)cc1.COc1ccc(COC(=O)CC(c2ccc(OCc3ccc(OC)cc3)cc2)c2ccon2)cc1.O=C=Nc1ccc(N=C=O)cc1. The monoisotopic (exact) mass is 1100 g/mol. The molecule has 19 heteroatoms. The summed E-state index contributed by atoms with van der Waals surface area (Å²) in [5, 5.41) is 15.2. The van der Waals surface area contributed by atoms with E-state index in [0.29, 0.717) is 47.3 Å². The number of nitrogens with zero attached hydrogens (tertiary/aromatic N) is 4. The fourth-order valence-electron chi connectivity index (χ4n) is 7.64. The van der Waals surface area contributed by atoms with Crippen molar-refractivity contribution in [3.8, 4) is 34.5 Å². The number of benzene rings is 7. The lowest BCUT2D eigenvalue weighted by atomic mass is 9.92. The molecular weight excluding hydrogens is 1040 g/mol. The third-order valence-electron chi connectivity index (χ3n) is 12.0. The number of esters is 2. The highest BCUT2D eigenvalue weighted by atomic mass is 16.6. The number of aromatic nitrogens is 1. The average Bonchev–Trinajstić information content (AvgIpc) is 4.05. The van der Waals surface area contributed by atoms with Gasteiger partial charge in [0.2, 0.25) is 18.7 Å². The van der Waals surface area contributed by atoms with Gasteiger partial charge in [-0.1, -0.05) is 78.0 Å². The number of isocyanates is 2. The minimum atomic E-state index is -0.603. The Kier molecular flexibility index (Phi) is 24.0. The topological polar surface area (TPSA) is 236 Å². The third-order valence-corrected chi connectivity index (χ3v) is 12.0. The van der Waals surface area contributed by atoms with E-state index in [0.717, 1.165) is 50.8 Å². The Labute approximate surface area is 467 Å². The van der Waals surface area contributed by atoms with Gasteiger partial charge in [0.1, 0.15) is 67.2 Å². The minimum Gasteiger partial charge on any atom is -0.497 e. The van der Waals surface area contributed by atoms with Crippen LogP contribution in [0.3, 0.4) is 0 Å². The Morgan fingerprint density at radius 3 is 1.20 bits per heavy atom. The van der Waals surface area contributed by atoms with Gasteiger partial charge in [-0.05, 0) is 130 Å². The van der Waals surface area contributed by atoms with Crippen LogP contribution in [0.4, 0.5) is 11.4 Å². The molecule has 1 aromatic heterocycles. The molecule has 8 rings (SSSR count). The van der Waals surface area contributed by atoms with Gasteiger partial charge in [-0.2, -0.15) is 9.98 Å². The number of nitro groups is 1. The van der Waals surface area contributed by atoms with Crippen molar-refractivity contribution >= 4 is 35.5 Å². The molecule has 2 atom stereocenters. The molecule has 19 nitrogen and oxygen atoms in total. The highest BCUT2D eigenvalue weighted by Gasteiger charge is 2.24. The number of aliphatic imine (C=N–C) groups is 2. The fraction of sp³-hybridized carbons (Fsp3) is 0.210. The van der Waals surface area contributed by atoms with E-state index in [9.17, 15) is 29.3 Å². The van der Waals surface area contributed by atoms with Gasteiger partial charge in [0.15, 0.2) is 0 Å². The first-order valence-electron chi connectivity index (χ1n) is 25.0. The van der Waals surface area contributed by atoms with Crippen molar-refractivity contribution < 1.29 is 66.5 Å². The molecule has 0 bridgehead atoms. The summed E-state index contributed by atoms with van der Waals surface area (Å²) < 4.78 is 48.1.